The number of nitrogen functional groups attached to an aromatic ring is 1. The molecule has 3 heteroatoms. The van der Waals surface area contributed by atoms with Crippen molar-refractivity contribution in [1.29, 1.82) is 0 Å². The van der Waals surface area contributed by atoms with Crippen LogP contribution in [-0.4, -0.2) is 0 Å². The van der Waals surface area contributed by atoms with E-state index < -0.39 is 0 Å². The maximum Gasteiger partial charge on any atom is 0.153 e. The molecule has 0 aliphatic carbocycles. The molecule has 19 heavy (non-hydrogen) atoms. The summed E-state index contributed by atoms with van der Waals surface area (Å²) in [4.78, 5) is 0. The lowest BCUT2D eigenvalue weighted by molar-refractivity contribution is 0.479. The first-order valence-electron chi connectivity index (χ1n) is 6.51. The molecule has 0 unspecified atom stereocenters. The summed E-state index contributed by atoms with van der Waals surface area (Å²) in [5.74, 6) is 0.655. The van der Waals surface area contributed by atoms with Crippen molar-refractivity contribution in [3.8, 4) is 11.5 Å². The van der Waals surface area contributed by atoms with Crippen LogP contribution in [0.15, 0.2) is 42.5 Å². The van der Waals surface area contributed by atoms with E-state index in [1.165, 1.54) is 36.6 Å². The zero-order valence-electron chi connectivity index (χ0n) is 11.0. The first kappa shape index (κ1) is 13.4. The van der Waals surface area contributed by atoms with Crippen molar-refractivity contribution in [2.75, 3.05) is 5.73 Å². The Morgan fingerprint density at radius 2 is 1.84 bits per heavy atom. The number of hydrogen-bond acceptors (Lipinski definition) is 2. The van der Waals surface area contributed by atoms with Gasteiger partial charge in [-0.3, -0.25) is 0 Å². The lowest BCUT2D eigenvalue weighted by Gasteiger charge is -2.09. The molecule has 0 saturated carbocycles. The smallest absolute Gasteiger partial charge is 0.153 e. The second-order valence-corrected chi connectivity index (χ2v) is 4.53. The number of rotatable bonds is 5. The minimum Gasteiger partial charge on any atom is -0.455 e. The SMILES string of the molecule is CCCCc1ccc(Oc2cc(F)ccc2N)cc1. The molecule has 2 aromatic rings. The number of aryl methyl sites for hydroxylation is 1. The summed E-state index contributed by atoms with van der Waals surface area (Å²) < 4.78 is 18.7. The zero-order valence-corrected chi connectivity index (χ0v) is 11.0. The molecular formula is C16H18FNO. The third-order valence-corrected chi connectivity index (χ3v) is 2.95. The quantitative estimate of drug-likeness (QED) is 0.800. The summed E-state index contributed by atoms with van der Waals surface area (Å²) in [7, 11) is 0. The second kappa shape index (κ2) is 6.23. The van der Waals surface area contributed by atoms with E-state index in [4.69, 9.17) is 10.5 Å². The molecule has 0 amide bonds. The number of nitrogens with two attached hydrogens (primary N) is 1. The van der Waals surface area contributed by atoms with Gasteiger partial charge in [0.05, 0.1) is 5.69 Å². The van der Waals surface area contributed by atoms with Crippen LogP contribution in [0.2, 0.25) is 0 Å². The third kappa shape index (κ3) is 3.71. The fourth-order valence-electron chi connectivity index (χ4n) is 1.83. The molecule has 0 bridgehead atoms. The molecule has 0 heterocycles. The Labute approximate surface area is 113 Å². The number of hydrogen-bond donors (Lipinski definition) is 1. The van der Waals surface area contributed by atoms with Gasteiger partial charge in [-0.15, -0.1) is 0 Å². The second-order valence-electron chi connectivity index (χ2n) is 4.53. The van der Waals surface area contributed by atoms with Gasteiger partial charge in [0.15, 0.2) is 5.75 Å². The number of unbranched alkanes of at least 4 members (excludes halogenated alkanes) is 1. The largest absolute Gasteiger partial charge is 0.455 e. The van der Waals surface area contributed by atoms with Gasteiger partial charge < -0.3 is 10.5 Å². The number of ether oxygens (including phenoxy) is 1. The number of anilines is 1. The fourth-order valence-corrected chi connectivity index (χ4v) is 1.83. The highest BCUT2D eigenvalue weighted by molar-refractivity contribution is 5.53. The molecule has 100 valence electrons. The predicted molar refractivity (Wildman–Crippen MR) is 75.9 cm³/mol. The van der Waals surface area contributed by atoms with Gasteiger partial charge in [0.2, 0.25) is 0 Å². The molecule has 0 fully saturated rings. The normalized spacial score (nSPS) is 10.4. The molecule has 2 aromatic carbocycles. The first-order valence-corrected chi connectivity index (χ1v) is 6.51. The molecule has 0 spiro atoms. The third-order valence-electron chi connectivity index (χ3n) is 2.95. The zero-order chi connectivity index (χ0) is 13.7. The van der Waals surface area contributed by atoms with Crippen LogP contribution in [-0.2, 0) is 6.42 Å². The fraction of sp³-hybridized carbons (Fsp3) is 0.250. The van der Waals surface area contributed by atoms with Gasteiger partial charge in [-0.2, -0.15) is 0 Å². The molecule has 2 N–H and O–H groups in total. The Bertz CT molecular complexity index is 537. The maximum absolute atomic E-state index is 13.1. The van der Waals surface area contributed by atoms with Crippen LogP contribution in [0.3, 0.4) is 0 Å². The Kier molecular flexibility index (Phi) is 4.39. The number of halogens is 1. The Morgan fingerprint density at radius 3 is 2.53 bits per heavy atom. The highest BCUT2D eigenvalue weighted by Crippen LogP contribution is 2.28. The van der Waals surface area contributed by atoms with E-state index in [0.717, 1.165) is 6.42 Å². The van der Waals surface area contributed by atoms with Gasteiger partial charge in [0, 0.05) is 6.07 Å². The molecule has 0 saturated heterocycles. The van der Waals surface area contributed by atoms with Gasteiger partial charge in [-0.05, 0) is 42.7 Å². The highest BCUT2D eigenvalue weighted by atomic mass is 19.1. The van der Waals surface area contributed by atoms with Gasteiger partial charge in [-0.1, -0.05) is 25.5 Å². The molecule has 0 aliphatic rings. The van der Waals surface area contributed by atoms with E-state index in [2.05, 4.69) is 6.92 Å². The van der Waals surface area contributed by atoms with Crippen molar-refractivity contribution in [1.82, 2.24) is 0 Å². The Morgan fingerprint density at radius 1 is 1.11 bits per heavy atom. The summed E-state index contributed by atoms with van der Waals surface area (Å²) in [6.07, 6.45) is 3.42. The minimum absolute atomic E-state index is 0.348. The van der Waals surface area contributed by atoms with E-state index in [1.54, 1.807) is 0 Å². The lowest BCUT2D eigenvalue weighted by Crippen LogP contribution is -1.93. The first-order chi connectivity index (χ1) is 9.19. The monoisotopic (exact) mass is 259 g/mol. The van der Waals surface area contributed by atoms with Crippen LogP contribution in [0.4, 0.5) is 10.1 Å². The van der Waals surface area contributed by atoms with Crippen LogP contribution < -0.4 is 10.5 Å². The summed E-state index contributed by atoms with van der Waals surface area (Å²) in [5, 5.41) is 0. The predicted octanol–water partition coefficient (Wildman–Crippen LogP) is 4.54. The van der Waals surface area contributed by atoms with Crippen molar-refractivity contribution in [2.24, 2.45) is 0 Å². The average Bonchev–Trinajstić information content (AvgIpc) is 2.42. The molecular weight excluding hydrogens is 241 g/mol. The molecule has 0 radical (unpaired) electrons. The van der Waals surface area contributed by atoms with Crippen LogP contribution in [0.5, 0.6) is 11.5 Å². The van der Waals surface area contributed by atoms with Crippen LogP contribution in [0.25, 0.3) is 0 Å². The van der Waals surface area contributed by atoms with Crippen LogP contribution in [0, 0.1) is 5.82 Å². The molecule has 0 aromatic heterocycles. The topological polar surface area (TPSA) is 35.2 Å². The van der Waals surface area contributed by atoms with Gasteiger partial charge in [0.1, 0.15) is 11.6 Å². The van der Waals surface area contributed by atoms with Gasteiger partial charge >= 0.3 is 0 Å². The van der Waals surface area contributed by atoms with E-state index in [1.807, 2.05) is 24.3 Å². The summed E-state index contributed by atoms with van der Waals surface area (Å²) in [5.41, 5.74) is 7.45. The molecule has 0 aliphatic heterocycles. The number of benzene rings is 2. The molecule has 0 atom stereocenters. The van der Waals surface area contributed by atoms with Gasteiger partial charge in [0.25, 0.3) is 0 Å². The van der Waals surface area contributed by atoms with Crippen molar-refractivity contribution < 1.29 is 9.13 Å². The van der Waals surface area contributed by atoms with Crippen LogP contribution >= 0.6 is 0 Å². The standard InChI is InChI=1S/C16H18FNO/c1-2-3-4-12-5-8-14(9-6-12)19-16-11-13(17)7-10-15(16)18/h5-11H,2-4,18H2,1H3. The lowest BCUT2D eigenvalue weighted by atomic mass is 10.1. The van der Waals surface area contributed by atoms with E-state index in [9.17, 15) is 4.39 Å². The Balaban J connectivity index is 2.08. The van der Waals surface area contributed by atoms with Crippen molar-refractivity contribution in [3.63, 3.8) is 0 Å². The van der Waals surface area contributed by atoms with Gasteiger partial charge in [-0.25, -0.2) is 4.39 Å². The van der Waals surface area contributed by atoms with E-state index in [-0.39, 0.29) is 5.82 Å². The Hall–Kier alpha value is -2.03. The maximum atomic E-state index is 13.1. The van der Waals surface area contributed by atoms with Crippen molar-refractivity contribution in [2.45, 2.75) is 26.2 Å². The van der Waals surface area contributed by atoms with Crippen LogP contribution in [0.1, 0.15) is 25.3 Å². The summed E-state index contributed by atoms with van der Waals surface area (Å²) >= 11 is 0. The minimum atomic E-state index is -0.358. The van der Waals surface area contributed by atoms with Crippen molar-refractivity contribution >= 4 is 5.69 Å². The van der Waals surface area contributed by atoms with Crippen molar-refractivity contribution in [3.05, 3.63) is 53.8 Å². The highest BCUT2D eigenvalue weighted by Gasteiger charge is 2.04. The summed E-state index contributed by atoms with van der Waals surface area (Å²) in [6, 6.07) is 11.9. The molecule has 2 rings (SSSR count). The van der Waals surface area contributed by atoms with E-state index >= 15 is 0 Å². The average molecular weight is 259 g/mol. The summed E-state index contributed by atoms with van der Waals surface area (Å²) in [6.45, 7) is 2.17. The van der Waals surface area contributed by atoms with E-state index in [0.29, 0.717) is 17.2 Å². The molecule has 2 nitrogen and oxygen atoms in total.